The van der Waals surface area contributed by atoms with Crippen molar-refractivity contribution >= 4 is 11.7 Å². The number of rotatable bonds is 3. The summed E-state index contributed by atoms with van der Waals surface area (Å²) in [4.78, 5) is 17.1. The van der Waals surface area contributed by atoms with Gasteiger partial charge in [0.25, 0.3) is 0 Å². The molecule has 1 aliphatic carbocycles. The molecule has 2 aromatic rings. The van der Waals surface area contributed by atoms with E-state index in [1.165, 1.54) is 30.5 Å². The highest BCUT2D eigenvalue weighted by atomic mass is 19.1. The monoisotopic (exact) mass is 395 g/mol. The standard InChI is InChI=1S/C23H26FN3O2/c24-17-2-1-3-18(14-17)25-22(29)26-12-10-23(11-13-26)15-27(19-6-7-19)21(23)16-4-8-20(28)9-5-16/h1-5,8-9,14,19,21,28H,6-7,10-13,15H2,(H,25,29). The lowest BCUT2D eigenvalue weighted by Gasteiger charge is -2.61. The number of urea groups is 1. The number of carbonyl (C=O) groups is 1. The van der Waals surface area contributed by atoms with Gasteiger partial charge in [-0.3, -0.25) is 4.90 Å². The molecule has 2 saturated heterocycles. The Morgan fingerprint density at radius 3 is 2.48 bits per heavy atom. The van der Waals surface area contributed by atoms with Crippen LogP contribution in [0.4, 0.5) is 14.9 Å². The molecule has 2 aromatic carbocycles. The predicted molar refractivity (Wildman–Crippen MR) is 109 cm³/mol. The van der Waals surface area contributed by atoms with Crippen molar-refractivity contribution in [1.29, 1.82) is 0 Å². The van der Waals surface area contributed by atoms with Crippen LogP contribution < -0.4 is 5.32 Å². The van der Waals surface area contributed by atoms with Crippen molar-refractivity contribution in [3.05, 3.63) is 59.9 Å². The van der Waals surface area contributed by atoms with Crippen molar-refractivity contribution in [1.82, 2.24) is 9.80 Å². The summed E-state index contributed by atoms with van der Waals surface area (Å²) in [6, 6.07) is 14.5. The summed E-state index contributed by atoms with van der Waals surface area (Å²) in [5, 5.41) is 12.5. The maximum absolute atomic E-state index is 13.4. The van der Waals surface area contributed by atoms with Gasteiger partial charge >= 0.3 is 6.03 Å². The summed E-state index contributed by atoms with van der Waals surface area (Å²) >= 11 is 0. The van der Waals surface area contributed by atoms with Crippen LogP contribution in [0, 0.1) is 11.2 Å². The van der Waals surface area contributed by atoms with Crippen LogP contribution in [0.3, 0.4) is 0 Å². The fraction of sp³-hybridized carbons (Fsp3) is 0.435. The number of carbonyl (C=O) groups excluding carboxylic acids is 1. The highest BCUT2D eigenvalue weighted by Crippen LogP contribution is 2.58. The number of hydrogen-bond acceptors (Lipinski definition) is 3. The van der Waals surface area contributed by atoms with E-state index in [1.54, 1.807) is 24.3 Å². The van der Waals surface area contributed by atoms with Crippen LogP contribution in [0.2, 0.25) is 0 Å². The number of phenols is 1. The molecular formula is C23H26FN3O2. The van der Waals surface area contributed by atoms with Crippen LogP contribution in [-0.4, -0.2) is 46.6 Å². The highest BCUT2D eigenvalue weighted by Gasteiger charge is 2.57. The van der Waals surface area contributed by atoms with E-state index < -0.39 is 0 Å². The third-order valence-electron chi connectivity index (χ3n) is 6.76. The maximum Gasteiger partial charge on any atom is 0.321 e. The fourth-order valence-corrected chi connectivity index (χ4v) is 5.08. The highest BCUT2D eigenvalue weighted by molar-refractivity contribution is 5.89. The maximum atomic E-state index is 13.4. The van der Waals surface area contributed by atoms with Gasteiger partial charge in [0.2, 0.25) is 0 Å². The van der Waals surface area contributed by atoms with Crippen molar-refractivity contribution in [3.8, 4) is 5.75 Å². The Hall–Kier alpha value is -2.60. The van der Waals surface area contributed by atoms with Crippen LogP contribution >= 0.6 is 0 Å². The van der Waals surface area contributed by atoms with Gasteiger partial charge in [-0.05, 0) is 61.6 Å². The Bertz CT molecular complexity index is 905. The second-order valence-electron chi connectivity index (χ2n) is 8.69. The number of halogens is 1. The second-order valence-corrected chi connectivity index (χ2v) is 8.69. The molecule has 1 spiro atoms. The number of likely N-dealkylation sites (tertiary alicyclic amines) is 2. The van der Waals surface area contributed by atoms with E-state index in [4.69, 9.17) is 0 Å². The molecule has 0 bridgehead atoms. The molecule has 2 heterocycles. The van der Waals surface area contributed by atoms with Crippen molar-refractivity contribution in [2.24, 2.45) is 5.41 Å². The van der Waals surface area contributed by atoms with Gasteiger partial charge in [0, 0.05) is 42.8 Å². The van der Waals surface area contributed by atoms with E-state index in [2.05, 4.69) is 10.2 Å². The topological polar surface area (TPSA) is 55.8 Å². The molecule has 29 heavy (non-hydrogen) atoms. The molecule has 2 amide bonds. The molecule has 152 valence electrons. The van der Waals surface area contributed by atoms with E-state index in [1.807, 2.05) is 17.0 Å². The molecule has 1 saturated carbocycles. The number of nitrogens with zero attached hydrogens (tertiary/aromatic N) is 2. The molecule has 1 unspecified atom stereocenters. The van der Waals surface area contributed by atoms with E-state index in [9.17, 15) is 14.3 Å². The Labute approximate surface area is 170 Å². The minimum atomic E-state index is -0.355. The quantitative estimate of drug-likeness (QED) is 0.812. The van der Waals surface area contributed by atoms with Crippen molar-refractivity contribution in [2.45, 2.75) is 37.8 Å². The average molecular weight is 395 g/mol. The lowest BCUT2D eigenvalue weighted by Crippen LogP contribution is -2.63. The normalized spacial score (nSPS) is 23.6. The molecule has 2 aliphatic heterocycles. The molecule has 2 N–H and O–H groups in total. The first-order valence-electron chi connectivity index (χ1n) is 10.4. The zero-order valence-electron chi connectivity index (χ0n) is 16.4. The summed E-state index contributed by atoms with van der Waals surface area (Å²) in [6.07, 6.45) is 4.45. The lowest BCUT2D eigenvalue weighted by atomic mass is 9.63. The molecule has 5 nitrogen and oxygen atoms in total. The molecule has 0 radical (unpaired) electrons. The van der Waals surface area contributed by atoms with Gasteiger partial charge in [-0.1, -0.05) is 18.2 Å². The molecule has 3 fully saturated rings. The number of nitrogens with one attached hydrogen (secondary N) is 1. The number of hydrogen-bond donors (Lipinski definition) is 2. The van der Waals surface area contributed by atoms with Gasteiger partial charge in [-0.2, -0.15) is 0 Å². The summed E-state index contributed by atoms with van der Waals surface area (Å²) in [7, 11) is 0. The fourth-order valence-electron chi connectivity index (χ4n) is 5.08. The van der Waals surface area contributed by atoms with Gasteiger partial charge in [0.05, 0.1) is 0 Å². The molecule has 1 atom stereocenters. The van der Waals surface area contributed by atoms with Gasteiger partial charge in [-0.15, -0.1) is 0 Å². The minimum absolute atomic E-state index is 0.162. The number of aromatic hydroxyl groups is 1. The number of phenolic OH excluding ortho intramolecular Hbond substituents is 1. The Kier molecular flexibility index (Phi) is 4.46. The Morgan fingerprint density at radius 2 is 1.83 bits per heavy atom. The van der Waals surface area contributed by atoms with E-state index in [0.29, 0.717) is 36.6 Å². The number of amides is 2. The summed E-state index contributed by atoms with van der Waals surface area (Å²) in [5.74, 6) is -0.0595. The second kappa shape index (κ2) is 7.02. The first-order valence-corrected chi connectivity index (χ1v) is 10.4. The van der Waals surface area contributed by atoms with Gasteiger partial charge in [0.1, 0.15) is 11.6 Å². The molecule has 6 heteroatoms. The molecule has 5 rings (SSSR count). The van der Waals surface area contributed by atoms with Crippen molar-refractivity contribution in [2.75, 3.05) is 25.0 Å². The van der Waals surface area contributed by atoms with E-state index in [-0.39, 0.29) is 17.3 Å². The SMILES string of the molecule is O=C(Nc1cccc(F)c1)N1CCC2(CC1)CN(C1CC1)C2c1ccc(O)cc1. The predicted octanol–water partition coefficient (Wildman–Crippen LogP) is 4.36. The van der Waals surface area contributed by atoms with Crippen LogP contribution in [-0.2, 0) is 0 Å². The Balaban J connectivity index is 1.27. The molecular weight excluding hydrogens is 369 g/mol. The van der Waals surface area contributed by atoms with E-state index >= 15 is 0 Å². The minimum Gasteiger partial charge on any atom is -0.508 e. The largest absolute Gasteiger partial charge is 0.508 e. The third-order valence-corrected chi connectivity index (χ3v) is 6.76. The number of piperidine rings is 1. The smallest absolute Gasteiger partial charge is 0.321 e. The van der Waals surface area contributed by atoms with Crippen molar-refractivity contribution < 1.29 is 14.3 Å². The van der Waals surface area contributed by atoms with Crippen LogP contribution in [0.1, 0.15) is 37.3 Å². The zero-order valence-corrected chi connectivity index (χ0v) is 16.4. The van der Waals surface area contributed by atoms with Crippen molar-refractivity contribution in [3.63, 3.8) is 0 Å². The lowest BCUT2D eigenvalue weighted by molar-refractivity contribution is -0.112. The van der Waals surface area contributed by atoms with Gasteiger partial charge in [-0.25, -0.2) is 9.18 Å². The van der Waals surface area contributed by atoms with E-state index in [0.717, 1.165) is 19.4 Å². The average Bonchev–Trinajstić information content (AvgIpc) is 3.53. The first kappa shape index (κ1) is 18.4. The Morgan fingerprint density at radius 1 is 1.10 bits per heavy atom. The van der Waals surface area contributed by atoms with Crippen LogP contribution in [0.5, 0.6) is 5.75 Å². The first-order chi connectivity index (χ1) is 14.0. The zero-order chi connectivity index (χ0) is 20.0. The molecule has 3 aliphatic rings. The summed E-state index contributed by atoms with van der Waals surface area (Å²) in [5.41, 5.74) is 1.94. The third kappa shape index (κ3) is 3.46. The van der Waals surface area contributed by atoms with Gasteiger partial charge in [0.15, 0.2) is 0 Å². The molecule has 0 aromatic heterocycles. The number of benzene rings is 2. The van der Waals surface area contributed by atoms with Crippen LogP contribution in [0.15, 0.2) is 48.5 Å². The van der Waals surface area contributed by atoms with Crippen LogP contribution in [0.25, 0.3) is 0 Å². The van der Waals surface area contributed by atoms with Gasteiger partial charge < -0.3 is 15.3 Å². The summed E-state index contributed by atoms with van der Waals surface area (Å²) < 4.78 is 13.4. The summed E-state index contributed by atoms with van der Waals surface area (Å²) in [6.45, 7) is 2.49. The number of anilines is 1.